The molecule has 18 heteroatoms. The van der Waals surface area contributed by atoms with Crippen molar-refractivity contribution in [2.75, 3.05) is 0 Å². The van der Waals surface area contributed by atoms with Gasteiger partial charge >= 0.3 is 0 Å². The van der Waals surface area contributed by atoms with Gasteiger partial charge in [-0.15, -0.1) is 16.4 Å². The predicted molar refractivity (Wildman–Crippen MR) is 238 cm³/mol. The highest BCUT2D eigenvalue weighted by atomic mass is 19.2. The second-order valence-corrected chi connectivity index (χ2v) is 18.1. The molecule has 0 radical (unpaired) electrons. The van der Waals surface area contributed by atoms with Gasteiger partial charge in [-0.25, -0.2) is 75.0 Å². The summed E-state index contributed by atoms with van der Waals surface area (Å²) >= 11 is 0. The molecule has 6 aromatic carbocycles. The molecule has 0 bridgehead atoms. The lowest BCUT2D eigenvalue weighted by molar-refractivity contribution is -0.595. The van der Waals surface area contributed by atoms with Gasteiger partial charge in [0.2, 0.25) is 0 Å². The van der Waals surface area contributed by atoms with Gasteiger partial charge in [-0.1, -0.05) is 128 Å². The van der Waals surface area contributed by atoms with Crippen LogP contribution in [-0.4, -0.2) is 10.7 Å². The first-order valence-electron chi connectivity index (χ1n) is 21.9. The third-order valence-corrected chi connectivity index (χ3v) is 12.4. The topological polar surface area (TPSA) is 8.81 Å². The largest absolute Gasteiger partial charge is 0.251 e. The summed E-state index contributed by atoms with van der Waals surface area (Å²) in [6.45, 7) is 15.3. The highest BCUT2D eigenvalue weighted by Crippen LogP contribution is 2.35. The minimum absolute atomic E-state index is 0.132. The zero-order valence-corrected chi connectivity index (χ0v) is 39.0. The normalized spacial score (nSPS) is 11.9. The molecule has 0 aliphatic heterocycles. The molecule has 1 aromatic heterocycles. The van der Waals surface area contributed by atoms with E-state index in [1.165, 1.54) is 23.8 Å². The van der Waals surface area contributed by atoms with Crippen LogP contribution in [0.4, 0.5) is 65.9 Å². The van der Waals surface area contributed by atoms with Crippen molar-refractivity contribution in [3.8, 4) is 11.4 Å². The van der Waals surface area contributed by atoms with Crippen molar-refractivity contribution in [3.63, 3.8) is 0 Å². The maximum Gasteiger partial charge on any atom is 0.251 e. The maximum atomic E-state index is 16.9. The Labute approximate surface area is 394 Å². The Morgan fingerprint density at radius 1 is 0.371 bits per heavy atom. The summed E-state index contributed by atoms with van der Waals surface area (Å²) in [5.74, 6) is -48.0. The molecule has 0 saturated heterocycles. The Bertz CT molecular complexity index is 2840. The van der Waals surface area contributed by atoms with Crippen molar-refractivity contribution >= 4 is 28.1 Å². The minimum atomic E-state index is -6.14. The molecule has 70 heavy (non-hydrogen) atoms. The standard InChI is InChI=1S/C45H36BF15N2.C7H8/c1-17(2)21-11-9-12-22(18(3)4)44(21)62-15-25(63(16-62)45-23(19(5)6)13-10-14-24(45)20(7)8)46(26-29(47)35(53)41(59)36(54)30(26)48,27-31(49)37(55)42(60)38(56)32(27)50)28-33(51)39(57)43(61)40(58)34(28)52;1-7-5-3-2-4-6-7/h9-20H,1-8H3;2-6H,1H3. The summed E-state index contributed by atoms with van der Waals surface area (Å²) in [6, 6.07) is 19.5. The smallest absolute Gasteiger partial charge is 0.237 e. The van der Waals surface area contributed by atoms with Crippen LogP contribution in [0.25, 0.3) is 11.4 Å². The fourth-order valence-electron chi connectivity index (χ4n) is 9.08. The number of rotatable bonds is 10. The fraction of sp³-hybridized carbons (Fsp3) is 0.250. The predicted octanol–water partition coefficient (Wildman–Crippen LogP) is 12.7. The van der Waals surface area contributed by atoms with Crippen LogP contribution in [0.3, 0.4) is 0 Å². The Hall–Kier alpha value is -6.46. The quantitative estimate of drug-likeness (QED) is 0.0425. The lowest BCUT2D eigenvalue weighted by Gasteiger charge is -2.42. The summed E-state index contributed by atoms with van der Waals surface area (Å²) < 4.78 is 242. The SMILES string of the molecule is CC(C)c1cccc(C(C)C)c1-n1c[n+](-c2c(C(C)C)cccc2C(C)C)cc1[B-](c1c(F)c(F)c(F)c(F)c1F)(c1c(F)c(F)c(F)c(F)c1F)c1c(F)c(F)c(F)c(F)c1F.Cc1ccccc1. The van der Waals surface area contributed by atoms with Crippen molar-refractivity contribution in [2.24, 2.45) is 0 Å². The molecule has 0 aliphatic rings. The Morgan fingerprint density at radius 2 is 0.657 bits per heavy atom. The van der Waals surface area contributed by atoms with Crippen LogP contribution >= 0.6 is 0 Å². The number of imidazole rings is 1. The summed E-state index contributed by atoms with van der Waals surface area (Å²) in [5, 5.41) is 0. The van der Waals surface area contributed by atoms with E-state index in [1.807, 2.05) is 18.2 Å². The van der Waals surface area contributed by atoms with Gasteiger partial charge in [-0.2, -0.15) is 0 Å². The number of hydrogen-bond donors (Lipinski definition) is 0. The van der Waals surface area contributed by atoms with Crippen LogP contribution in [0.5, 0.6) is 0 Å². The maximum absolute atomic E-state index is 16.9. The molecule has 0 amide bonds. The first-order valence-corrected chi connectivity index (χ1v) is 21.9. The number of nitrogens with zero attached hydrogens (tertiary/aromatic N) is 2. The van der Waals surface area contributed by atoms with Crippen LogP contribution < -0.4 is 26.5 Å². The Morgan fingerprint density at radius 3 is 0.929 bits per heavy atom. The lowest BCUT2D eigenvalue weighted by atomic mass is 9.13. The second kappa shape index (κ2) is 20.1. The van der Waals surface area contributed by atoms with Crippen LogP contribution in [0.2, 0.25) is 0 Å². The molecule has 2 nitrogen and oxygen atoms in total. The Kier molecular flexibility index (Phi) is 15.2. The monoisotopic (exact) mass is 992 g/mol. The zero-order valence-electron chi connectivity index (χ0n) is 39.0. The zero-order chi connectivity index (χ0) is 52.2. The number of aromatic nitrogens is 2. The van der Waals surface area contributed by atoms with Crippen molar-refractivity contribution in [3.05, 3.63) is 194 Å². The van der Waals surface area contributed by atoms with E-state index >= 15 is 52.7 Å². The Balaban J connectivity index is 0.00000105. The molecule has 0 unspecified atom stereocenters. The first-order chi connectivity index (χ1) is 32.8. The molecule has 7 aromatic rings. The molecule has 370 valence electrons. The molecule has 0 atom stereocenters. The van der Waals surface area contributed by atoms with Gasteiger partial charge in [-0.3, -0.25) is 0 Å². The van der Waals surface area contributed by atoms with E-state index in [1.54, 1.807) is 73.6 Å². The molecule has 0 N–H and O–H groups in total. The van der Waals surface area contributed by atoms with Crippen LogP contribution in [-0.2, 0) is 0 Å². The molecular formula is C52H44BF15N2. The number of hydrogen-bond acceptors (Lipinski definition) is 0. The van der Waals surface area contributed by atoms with E-state index in [-0.39, 0.29) is 22.5 Å². The van der Waals surface area contributed by atoms with Gasteiger partial charge in [-0.05, 0) is 36.2 Å². The summed E-state index contributed by atoms with van der Waals surface area (Å²) in [4.78, 5) is 0. The lowest BCUT2D eigenvalue weighted by Crippen LogP contribution is -2.81. The van der Waals surface area contributed by atoms with Gasteiger partial charge < -0.3 is 0 Å². The molecule has 0 spiro atoms. The number of halogens is 15. The second-order valence-electron chi connectivity index (χ2n) is 18.1. The van der Waals surface area contributed by atoms with Gasteiger partial charge in [0.25, 0.3) is 6.33 Å². The van der Waals surface area contributed by atoms with Gasteiger partial charge in [0.05, 0.1) is 6.20 Å². The summed E-state index contributed by atoms with van der Waals surface area (Å²) in [5.41, 5.74) is -7.06. The van der Waals surface area contributed by atoms with Crippen molar-refractivity contribution in [2.45, 2.75) is 86.0 Å². The van der Waals surface area contributed by atoms with Gasteiger partial charge in [0.15, 0.2) is 58.5 Å². The van der Waals surface area contributed by atoms with E-state index in [9.17, 15) is 13.2 Å². The van der Waals surface area contributed by atoms with Crippen LogP contribution in [0.1, 0.15) is 107 Å². The average molecular weight is 993 g/mol. The molecule has 1 heterocycles. The number of benzene rings is 6. The number of para-hydroxylation sites is 2. The van der Waals surface area contributed by atoms with E-state index in [0.717, 1.165) is 15.5 Å². The first kappa shape index (κ1) is 52.9. The number of aryl methyl sites for hydroxylation is 1. The van der Waals surface area contributed by atoms with Crippen molar-refractivity contribution in [1.29, 1.82) is 0 Å². The molecular weight excluding hydrogens is 948 g/mol. The highest BCUT2D eigenvalue weighted by molar-refractivity contribution is 7.19. The van der Waals surface area contributed by atoms with E-state index in [0.29, 0.717) is 17.3 Å². The summed E-state index contributed by atoms with van der Waals surface area (Å²) in [6.07, 6.45) is -4.53. The molecule has 0 fully saturated rings. The average Bonchev–Trinajstić information content (AvgIpc) is 3.77. The minimum Gasteiger partial charge on any atom is -0.237 e. The third-order valence-electron chi connectivity index (χ3n) is 12.4. The molecule has 0 saturated carbocycles. The van der Waals surface area contributed by atoms with Crippen LogP contribution in [0, 0.1) is 94.2 Å². The summed E-state index contributed by atoms with van der Waals surface area (Å²) in [7, 11) is 0. The van der Waals surface area contributed by atoms with E-state index < -0.39 is 139 Å². The third kappa shape index (κ3) is 8.64. The molecule has 7 rings (SSSR count). The van der Waals surface area contributed by atoms with Gasteiger partial charge in [0.1, 0.15) is 46.3 Å². The van der Waals surface area contributed by atoms with Crippen LogP contribution in [0.15, 0.2) is 79.3 Å². The van der Waals surface area contributed by atoms with Gasteiger partial charge in [0, 0.05) is 22.3 Å². The van der Waals surface area contributed by atoms with Crippen molar-refractivity contribution in [1.82, 2.24) is 4.57 Å². The molecule has 0 aliphatic carbocycles. The van der Waals surface area contributed by atoms with E-state index in [4.69, 9.17) is 0 Å². The fourth-order valence-corrected chi connectivity index (χ4v) is 9.08. The van der Waals surface area contributed by atoms with Crippen molar-refractivity contribution < 1.29 is 70.4 Å². The highest BCUT2D eigenvalue weighted by Gasteiger charge is 2.53. The van der Waals surface area contributed by atoms with E-state index in [2.05, 4.69) is 19.1 Å².